The number of carbonyl (C=O) groups is 3. The minimum absolute atomic E-state index is 0.175. The Hall–Kier alpha value is -5.17. The number of anilines is 2. The van der Waals surface area contributed by atoms with E-state index in [4.69, 9.17) is 11.6 Å². The summed E-state index contributed by atoms with van der Waals surface area (Å²) < 4.78 is 6.16. The van der Waals surface area contributed by atoms with Gasteiger partial charge < -0.3 is 15.4 Å². The van der Waals surface area contributed by atoms with Crippen molar-refractivity contribution < 1.29 is 19.1 Å². The zero-order valence-electron chi connectivity index (χ0n) is 23.4. The Balaban J connectivity index is 1.45. The van der Waals surface area contributed by atoms with Crippen LogP contribution in [0.15, 0.2) is 54.9 Å². The van der Waals surface area contributed by atoms with Crippen LogP contribution in [0.25, 0.3) is 23.0 Å². The number of amides is 3. The molecule has 4 aromatic rings. The summed E-state index contributed by atoms with van der Waals surface area (Å²) in [6, 6.07) is 11.6. The minimum Gasteiger partial charge on any atom is -0.453 e. The molecule has 0 aliphatic carbocycles. The third-order valence-corrected chi connectivity index (χ3v) is 6.91. The lowest BCUT2D eigenvalue weighted by Crippen LogP contribution is -2.28. The Morgan fingerprint density at radius 3 is 2.79 bits per heavy atom. The number of carbonyl (C=O) groups excluding carboxylic acids is 3. The minimum atomic E-state index is -0.630. The van der Waals surface area contributed by atoms with Crippen molar-refractivity contribution in [3.05, 3.63) is 77.0 Å². The number of hydrogen-bond donors (Lipinski definition) is 3. The van der Waals surface area contributed by atoms with Crippen LogP contribution in [-0.4, -0.2) is 55.2 Å². The van der Waals surface area contributed by atoms with Crippen LogP contribution in [0.3, 0.4) is 0 Å². The monoisotopic (exact) mass is 601 g/mol. The largest absolute Gasteiger partial charge is 0.453 e. The van der Waals surface area contributed by atoms with Crippen LogP contribution in [0.2, 0.25) is 5.02 Å². The van der Waals surface area contributed by atoms with Crippen LogP contribution in [0.5, 0.6) is 0 Å². The highest BCUT2D eigenvalue weighted by molar-refractivity contribution is 6.30. The molecule has 1 aliphatic rings. The lowest BCUT2D eigenvalue weighted by molar-refractivity contribution is -0.118. The summed E-state index contributed by atoms with van der Waals surface area (Å²) in [6.07, 6.45) is 5.98. The van der Waals surface area contributed by atoms with Crippen LogP contribution in [-0.2, 0) is 14.3 Å². The number of nitrogens with zero attached hydrogens (tertiary/aromatic N) is 6. The molecule has 0 saturated heterocycles. The first-order chi connectivity index (χ1) is 20.8. The summed E-state index contributed by atoms with van der Waals surface area (Å²) in [5.41, 5.74) is 4.06. The Morgan fingerprint density at radius 2 is 2.00 bits per heavy atom. The van der Waals surface area contributed by atoms with Crippen LogP contribution >= 0.6 is 11.6 Å². The number of rotatable bonds is 5. The molecular weight excluding hydrogens is 574 g/mol. The molecule has 1 unspecified atom stereocenters. The zero-order chi connectivity index (χ0) is 30.3. The van der Waals surface area contributed by atoms with Crippen LogP contribution in [0, 0.1) is 6.92 Å². The SMILES string of the molecule is COC(=O)Nc1ccc2c(c1)NC(=O)CCCCC(NC(=O)/C=C/c1cc(Cl)ccc1-n1cnnn1)c1cc-2nc(C)n1. The molecule has 13 nitrogen and oxygen atoms in total. The van der Waals surface area contributed by atoms with Gasteiger partial charge in [0, 0.05) is 34.3 Å². The Labute approximate surface area is 251 Å². The molecule has 1 aliphatic heterocycles. The molecule has 2 aromatic heterocycles. The van der Waals surface area contributed by atoms with Crippen molar-refractivity contribution >= 4 is 47.0 Å². The number of aryl methyl sites for hydroxylation is 1. The Kier molecular flexibility index (Phi) is 9.01. The molecule has 0 saturated carbocycles. The number of halogens is 1. The van der Waals surface area contributed by atoms with E-state index in [0.29, 0.717) is 69.7 Å². The Morgan fingerprint density at radius 1 is 1.14 bits per heavy atom. The van der Waals surface area contributed by atoms with Gasteiger partial charge in [0.15, 0.2) is 0 Å². The molecular formula is C29H28ClN9O4. The van der Waals surface area contributed by atoms with E-state index in [1.165, 1.54) is 24.2 Å². The quantitative estimate of drug-likeness (QED) is 0.276. The van der Waals surface area contributed by atoms with Gasteiger partial charge in [0.1, 0.15) is 12.2 Å². The highest BCUT2D eigenvalue weighted by atomic mass is 35.5. The van der Waals surface area contributed by atoms with Crippen LogP contribution in [0.4, 0.5) is 16.2 Å². The first-order valence-corrected chi connectivity index (χ1v) is 13.8. The topological polar surface area (TPSA) is 166 Å². The number of ether oxygens (including phenoxy) is 1. The lowest BCUT2D eigenvalue weighted by atomic mass is 10.0. The second-order valence-corrected chi connectivity index (χ2v) is 10.2. The van der Waals surface area contributed by atoms with E-state index in [2.05, 4.69) is 46.2 Å². The van der Waals surface area contributed by atoms with E-state index < -0.39 is 12.1 Å². The smallest absolute Gasteiger partial charge is 0.411 e. The molecule has 0 fully saturated rings. The standard InChI is InChI=1S/C29H28ClN9O4/c1-17-32-24-15-25(33-17)22(35-28(41)12-7-18-13-19(30)8-11-26(18)39-16-31-37-38-39)5-3-4-6-27(40)36-23-14-20(9-10-21(23)24)34-29(42)43-2/h7-16,22H,3-6H2,1-2H3,(H,34,42)(H,35,41)(H,36,40)/b12-7+. The van der Waals surface area contributed by atoms with Crippen molar-refractivity contribution in [2.45, 2.75) is 38.6 Å². The number of aromatic nitrogens is 6. The maximum absolute atomic E-state index is 13.2. The lowest BCUT2D eigenvalue weighted by Gasteiger charge is -2.21. The molecule has 220 valence electrons. The molecule has 5 rings (SSSR count). The van der Waals surface area contributed by atoms with Crippen molar-refractivity contribution in [3.8, 4) is 16.9 Å². The van der Waals surface area contributed by atoms with Crippen LogP contribution in [0.1, 0.15) is 48.8 Å². The highest BCUT2D eigenvalue weighted by Crippen LogP contribution is 2.32. The predicted octanol–water partition coefficient (Wildman–Crippen LogP) is 4.64. The average molecular weight is 602 g/mol. The van der Waals surface area contributed by atoms with Gasteiger partial charge >= 0.3 is 6.09 Å². The van der Waals surface area contributed by atoms with Crippen molar-refractivity contribution in [2.24, 2.45) is 0 Å². The molecule has 3 heterocycles. The fourth-order valence-corrected chi connectivity index (χ4v) is 4.87. The van der Waals surface area contributed by atoms with Crippen molar-refractivity contribution in [3.63, 3.8) is 0 Å². The molecule has 3 N–H and O–H groups in total. The fraction of sp³-hybridized carbons (Fsp3) is 0.241. The normalized spacial score (nSPS) is 15.0. The zero-order valence-corrected chi connectivity index (χ0v) is 24.1. The third-order valence-electron chi connectivity index (χ3n) is 6.68. The third kappa shape index (κ3) is 7.38. The van der Waals surface area contributed by atoms with Crippen molar-refractivity contribution in [2.75, 3.05) is 17.7 Å². The van der Waals surface area contributed by atoms with Gasteiger partial charge in [-0.05, 0) is 78.7 Å². The first kappa shape index (κ1) is 29.3. The molecule has 2 bridgehead atoms. The average Bonchev–Trinajstić information content (AvgIpc) is 3.52. The van der Waals surface area contributed by atoms with E-state index in [1.54, 1.807) is 55.5 Å². The fourth-order valence-electron chi connectivity index (χ4n) is 4.69. The van der Waals surface area contributed by atoms with E-state index in [-0.39, 0.29) is 18.2 Å². The first-order valence-electron chi connectivity index (χ1n) is 13.5. The molecule has 0 spiro atoms. The molecule has 1 atom stereocenters. The van der Waals surface area contributed by atoms with Gasteiger partial charge in [0.25, 0.3) is 0 Å². The summed E-state index contributed by atoms with van der Waals surface area (Å²) in [5, 5.41) is 20.4. The van der Waals surface area contributed by atoms with Gasteiger partial charge in [-0.2, -0.15) is 4.68 Å². The molecule has 14 heteroatoms. The van der Waals surface area contributed by atoms with Crippen molar-refractivity contribution in [1.82, 2.24) is 35.5 Å². The molecule has 43 heavy (non-hydrogen) atoms. The maximum Gasteiger partial charge on any atom is 0.411 e. The van der Waals surface area contributed by atoms with Gasteiger partial charge in [-0.1, -0.05) is 18.0 Å². The maximum atomic E-state index is 13.2. The summed E-state index contributed by atoms with van der Waals surface area (Å²) in [5.74, 6) is -0.0147. The summed E-state index contributed by atoms with van der Waals surface area (Å²) in [6.45, 7) is 1.77. The Bertz CT molecular complexity index is 1690. The van der Waals surface area contributed by atoms with E-state index in [9.17, 15) is 14.4 Å². The van der Waals surface area contributed by atoms with Gasteiger partial charge in [-0.3, -0.25) is 14.9 Å². The number of methoxy groups -OCH3 is 1. The summed E-state index contributed by atoms with van der Waals surface area (Å²) in [7, 11) is 1.27. The van der Waals surface area contributed by atoms with Crippen LogP contribution < -0.4 is 16.0 Å². The van der Waals surface area contributed by atoms with Gasteiger partial charge in [0.05, 0.1) is 35.9 Å². The second kappa shape index (κ2) is 13.2. The summed E-state index contributed by atoms with van der Waals surface area (Å²) in [4.78, 5) is 47.0. The molecule has 0 radical (unpaired) electrons. The molecule has 2 aromatic carbocycles. The number of benzene rings is 2. The van der Waals surface area contributed by atoms with E-state index >= 15 is 0 Å². The second-order valence-electron chi connectivity index (χ2n) is 9.75. The summed E-state index contributed by atoms with van der Waals surface area (Å²) >= 11 is 6.21. The highest BCUT2D eigenvalue weighted by Gasteiger charge is 2.21. The van der Waals surface area contributed by atoms with Crippen molar-refractivity contribution in [1.29, 1.82) is 0 Å². The molecule has 3 amide bonds. The predicted molar refractivity (Wildman–Crippen MR) is 159 cm³/mol. The van der Waals surface area contributed by atoms with E-state index in [0.717, 1.165) is 0 Å². The number of tetrazole rings is 1. The number of fused-ring (bicyclic) bond motifs is 4. The van der Waals surface area contributed by atoms with Gasteiger partial charge in [-0.15, -0.1) is 5.10 Å². The van der Waals surface area contributed by atoms with Gasteiger partial charge in [-0.25, -0.2) is 14.8 Å². The van der Waals surface area contributed by atoms with E-state index in [1.807, 2.05) is 0 Å². The number of nitrogens with one attached hydrogen (secondary N) is 3. The van der Waals surface area contributed by atoms with Gasteiger partial charge in [0.2, 0.25) is 11.8 Å². The number of hydrogen-bond acceptors (Lipinski definition) is 9.